The Morgan fingerprint density at radius 3 is 2.31 bits per heavy atom. The first-order chi connectivity index (χ1) is 12.3. The molecule has 0 aliphatic heterocycles. The summed E-state index contributed by atoms with van der Waals surface area (Å²) in [6, 6.07) is 12.1. The molecule has 2 aromatic carbocycles. The highest BCUT2D eigenvalue weighted by molar-refractivity contribution is 6.00. The van der Waals surface area contributed by atoms with E-state index in [1.54, 1.807) is 37.3 Å². The number of amides is 1. The Balaban J connectivity index is 1.88. The standard InChI is InChI=1S/C20H21NO5/c1-13-3-5-15(6-4-13)18(22)9-10-19(23)21-17-8-7-16(11-14(17)2)26-12-20(24)25/h3-8,11H,9-10,12H2,1-2H3,(H,21,23)(H,24,25). The summed E-state index contributed by atoms with van der Waals surface area (Å²) in [5, 5.41) is 11.4. The maximum atomic E-state index is 12.1. The van der Waals surface area contributed by atoms with Crippen molar-refractivity contribution < 1.29 is 24.2 Å². The number of carbonyl (C=O) groups excluding carboxylic acids is 2. The number of hydrogen-bond donors (Lipinski definition) is 2. The van der Waals surface area contributed by atoms with Gasteiger partial charge in [0.1, 0.15) is 5.75 Å². The predicted octanol–water partition coefficient (Wildman–Crippen LogP) is 3.37. The molecule has 6 nitrogen and oxygen atoms in total. The van der Waals surface area contributed by atoms with Crippen LogP contribution in [0.4, 0.5) is 5.69 Å². The van der Waals surface area contributed by atoms with Crippen LogP contribution in [-0.4, -0.2) is 29.4 Å². The number of ketones is 1. The summed E-state index contributed by atoms with van der Waals surface area (Å²) in [6.07, 6.45) is 0.219. The number of nitrogens with one attached hydrogen (secondary N) is 1. The van der Waals surface area contributed by atoms with Gasteiger partial charge in [-0.3, -0.25) is 9.59 Å². The molecule has 0 spiro atoms. The molecule has 0 unspecified atom stereocenters. The van der Waals surface area contributed by atoms with Gasteiger partial charge in [0.25, 0.3) is 0 Å². The van der Waals surface area contributed by atoms with Crippen molar-refractivity contribution in [2.45, 2.75) is 26.7 Å². The third-order valence-electron chi connectivity index (χ3n) is 3.79. The molecule has 26 heavy (non-hydrogen) atoms. The number of Topliss-reactive ketones (excluding diaryl/α,β-unsaturated/α-hetero) is 1. The van der Waals surface area contributed by atoms with Crippen molar-refractivity contribution in [3.8, 4) is 5.75 Å². The zero-order chi connectivity index (χ0) is 19.1. The molecule has 0 fully saturated rings. The highest BCUT2D eigenvalue weighted by Gasteiger charge is 2.11. The molecule has 0 aliphatic rings. The summed E-state index contributed by atoms with van der Waals surface area (Å²) in [5.74, 6) is -0.974. The van der Waals surface area contributed by atoms with Gasteiger partial charge in [0, 0.05) is 24.1 Å². The van der Waals surface area contributed by atoms with Crippen LogP contribution in [0.3, 0.4) is 0 Å². The van der Waals surface area contributed by atoms with Gasteiger partial charge >= 0.3 is 5.97 Å². The lowest BCUT2D eigenvalue weighted by Crippen LogP contribution is -2.14. The molecule has 136 valence electrons. The average Bonchev–Trinajstić information content (AvgIpc) is 2.60. The summed E-state index contributed by atoms with van der Waals surface area (Å²) < 4.78 is 5.09. The Kier molecular flexibility index (Phi) is 6.49. The lowest BCUT2D eigenvalue weighted by molar-refractivity contribution is -0.139. The Hall–Kier alpha value is -3.15. The van der Waals surface area contributed by atoms with Gasteiger partial charge in [-0.05, 0) is 37.6 Å². The van der Waals surface area contributed by atoms with Gasteiger partial charge in [0.05, 0.1) is 0 Å². The number of rotatable bonds is 8. The van der Waals surface area contributed by atoms with E-state index in [0.29, 0.717) is 17.0 Å². The second-order valence-corrected chi connectivity index (χ2v) is 6.00. The summed E-state index contributed by atoms with van der Waals surface area (Å²) in [6.45, 7) is 3.30. The normalized spacial score (nSPS) is 10.2. The Morgan fingerprint density at radius 2 is 1.69 bits per heavy atom. The molecule has 0 aliphatic carbocycles. The van der Waals surface area contributed by atoms with Crippen molar-refractivity contribution in [2.75, 3.05) is 11.9 Å². The first-order valence-corrected chi connectivity index (χ1v) is 8.20. The van der Waals surface area contributed by atoms with Gasteiger partial charge in [-0.15, -0.1) is 0 Å². The smallest absolute Gasteiger partial charge is 0.341 e. The van der Waals surface area contributed by atoms with Gasteiger partial charge in [-0.25, -0.2) is 4.79 Å². The SMILES string of the molecule is Cc1ccc(C(=O)CCC(=O)Nc2ccc(OCC(=O)O)cc2C)cc1. The van der Waals surface area contributed by atoms with Crippen LogP contribution < -0.4 is 10.1 Å². The van der Waals surface area contributed by atoms with E-state index in [9.17, 15) is 14.4 Å². The van der Waals surface area contributed by atoms with E-state index in [1.165, 1.54) is 0 Å². The molecule has 2 N–H and O–H groups in total. The maximum absolute atomic E-state index is 12.1. The predicted molar refractivity (Wildman–Crippen MR) is 97.7 cm³/mol. The van der Waals surface area contributed by atoms with Crippen LogP contribution in [0.5, 0.6) is 5.75 Å². The van der Waals surface area contributed by atoms with E-state index < -0.39 is 12.6 Å². The Bertz CT molecular complexity index is 811. The third-order valence-corrected chi connectivity index (χ3v) is 3.79. The molecule has 6 heteroatoms. The van der Waals surface area contributed by atoms with Gasteiger partial charge in [-0.1, -0.05) is 29.8 Å². The molecule has 0 bridgehead atoms. The van der Waals surface area contributed by atoms with Crippen LogP contribution in [0.1, 0.15) is 34.3 Å². The maximum Gasteiger partial charge on any atom is 0.341 e. The minimum absolute atomic E-state index is 0.0747. The van der Waals surface area contributed by atoms with E-state index in [4.69, 9.17) is 9.84 Å². The molecule has 0 heterocycles. The number of benzene rings is 2. The topological polar surface area (TPSA) is 92.7 Å². The second-order valence-electron chi connectivity index (χ2n) is 6.00. The molecule has 1 amide bonds. The number of carbonyl (C=O) groups is 3. The van der Waals surface area contributed by atoms with Crippen LogP contribution >= 0.6 is 0 Å². The fourth-order valence-electron chi connectivity index (χ4n) is 2.33. The Morgan fingerprint density at radius 1 is 1.00 bits per heavy atom. The number of hydrogen-bond acceptors (Lipinski definition) is 4. The number of carboxylic acid groups (broad SMARTS) is 1. The molecule has 0 saturated heterocycles. The van der Waals surface area contributed by atoms with E-state index in [1.807, 2.05) is 19.1 Å². The van der Waals surface area contributed by atoms with Crippen molar-refractivity contribution in [1.29, 1.82) is 0 Å². The van der Waals surface area contributed by atoms with Crippen LogP contribution in [0, 0.1) is 13.8 Å². The number of aliphatic carboxylic acids is 1. The minimum Gasteiger partial charge on any atom is -0.482 e. The molecule has 2 rings (SSSR count). The summed E-state index contributed by atoms with van der Waals surface area (Å²) >= 11 is 0. The second kappa shape index (κ2) is 8.80. The quantitative estimate of drug-likeness (QED) is 0.708. The lowest BCUT2D eigenvalue weighted by atomic mass is 10.0. The molecule has 2 aromatic rings. The van der Waals surface area contributed by atoms with Crippen LogP contribution in [0.2, 0.25) is 0 Å². The Labute approximate surface area is 151 Å². The van der Waals surface area contributed by atoms with Crippen LogP contribution in [0.25, 0.3) is 0 Å². The fraction of sp³-hybridized carbons (Fsp3) is 0.250. The fourth-order valence-corrected chi connectivity index (χ4v) is 2.33. The molecule has 0 radical (unpaired) electrons. The molecule has 0 aromatic heterocycles. The summed E-state index contributed by atoms with van der Waals surface area (Å²) in [7, 11) is 0. The van der Waals surface area contributed by atoms with E-state index in [-0.39, 0.29) is 24.5 Å². The van der Waals surface area contributed by atoms with Gasteiger partial charge in [0.15, 0.2) is 12.4 Å². The van der Waals surface area contributed by atoms with Crippen molar-refractivity contribution >= 4 is 23.3 Å². The zero-order valence-corrected chi connectivity index (χ0v) is 14.7. The van der Waals surface area contributed by atoms with E-state index in [2.05, 4.69) is 5.32 Å². The van der Waals surface area contributed by atoms with Crippen molar-refractivity contribution in [3.05, 3.63) is 59.2 Å². The van der Waals surface area contributed by atoms with E-state index >= 15 is 0 Å². The molecule has 0 atom stereocenters. The monoisotopic (exact) mass is 355 g/mol. The summed E-state index contributed by atoms with van der Waals surface area (Å²) in [4.78, 5) is 34.7. The number of anilines is 1. The average molecular weight is 355 g/mol. The van der Waals surface area contributed by atoms with Crippen molar-refractivity contribution in [3.63, 3.8) is 0 Å². The molecular weight excluding hydrogens is 334 g/mol. The first kappa shape index (κ1) is 19.2. The number of aryl methyl sites for hydroxylation is 2. The zero-order valence-electron chi connectivity index (χ0n) is 14.7. The first-order valence-electron chi connectivity index (χ1n) is 8.20. The lowest BCUT2D eigenvalue weighted by Gasteiger charge is -2.10. The van der Waals surface area contributed by atoms with Gasteiger partial charge < -0.3 is 15.2 Å². The minimum atomic E-state index is -1.06. The highest BCUT2D eigenvalue weighted by atomic mass is 16.5. The van der Waals surface area contributed by atoms with Crippen LogP contribution in [-0.2, 0) is 9.59 Å². The highest BCUT2D eigenvalue weighted by Crippen LogP contribution is 2.21. The number of carboxylic acids is 1. The third kappa shape index (κ3) is 5.73. The largest absolute Gasteiger partial charge is 0.482 e. The molecular formula is C20H21NO5. The summed E-state index contributed by atoms with van der Waals surface area (Å²) in [5.41, 5.74) is 3.01. The van der Waals surface area contributed by atoms with E-state index in [0.717, 1.165) is 11.1 Å². The number of ether oxygens (including phenoxy) is 1. The van der Waals surface area contributed by atoms with Crippen molar-refractivity contribution in [2.24, 2.45) is 0 Å². The van der Waals surface area contributed by atoms with Gasteiger partial charge in [-0.2, -0.15) is 0 Å². The molecule has 0 saturated carbocycles. The van der Waals surface area contributed by atoms with Gasteiger partial charge in [0.2, 0.25) is 5.91 Å². The van der Waals surface area contributed by atoms with Crippen LogP contribution in [0.15, 0.2) is 42.5 Å². The van der Waals surface area contributed by atoms with Crippen molar-refractivity contribution in [1.82, 2.24) is 0 Å².